The summed E-state index contributed by atoms with van der Waals surface area (Å²) < 4.78 is 12.3. The van der Waals surface area contributed by atoms with Crippen molar-refractivity contribution in [2.45, 2.75) is 57.6 Å². The van der Waals surface area contributed by atoms with Crippen LogP contribution in [0.3, 0.4) is 0 Å². The Hall–Kier alpha value is -1.66. The van der Waals surface area contributed by atoms with E-state index in [1.54, 1.807) is 24.3 Å². The second kappa shape index (κ2) is 5.42. The predicted octanol–water partition coefficient (Wildman–Crippen LogP) is 3.16. The minimum atomic E-state index is -0.354. The quantitative estimate of drug-likeness (QED) is 0.626. The van der Waals surface area contributed by atoms with Crippen LogP contribution in [0.25, 0.3) is 0 Å². The van der Waals surface area contributed by atoms with Crippen LogP contribution in [0.15, 0.2) is 24.3 Å². The molecule has 1 aromatic rings. The molecule has 132 valence electrons. The first-order valence-corrected chi connectivity index (χ1v) is 9.02. The summed E-state index contributed by atoms with van der Waals surface area (Å²) in [6, 6.07) is 7.04. The van der Waals surface area contributed by atoms with Crippen LogP contribution in [0.2, 0.25) is 5.82 Å². The highest BCUT2D eigenvalue weighted by Gasteiger charge is 2.57. The van der Waals surface area contributed by atoms with Gasteiger partial charge >= 0.3 is 7.12 Å². The van der Waals surface area contributed by atoms with Crippen molar-refractivity contribution in [2.24, 2.45) is 5.92 Å². The van der Waals surface area contributed by atoms with Gasteiger partial charge in [0, 0.05) is 6.54 Å². The molecule has 0 spiro atoms. The third-order valence-electron chi connectivity index (χ3n) is 6.39. The highest BCUT2D eigenvalue weighted by molar-refractivity contribution is 6.48. The van der Waals surface area contributed by atoms with Crippen molar-refractivity contribution < 1.29 is 18.9 Å². The number of carbonyl (C=O) groups excluding carboxylic acids is 2. The molecule has 0 N–H and O–H groups in total. The topological polar surface area (TPSA) is 55.8 Å². The highest BCUT2D eigenvalue weighted by atomic mass is 16.7. The van der Waals surface area contributed by atoms with Gasteiger partial charge in [-0.25, -0.2) is 0 Å². The first kappa shape index (κ1) is 16.8. The molecule has 0 unspecified atom stereocenters. The van der Waals surface area contributed by atoms with E-state index >= 15 is 0 Å². The molecule has 4 rings (SSSR count). The molecule has 25 heavy (non-hydrogen) atoms. The van der Waals surface area contributed by atoms with Crippen molar-refractivity contribution in [2.75, 3.05) is 6.54 Å². The second-order valence-electron chi connectivity index (χ2n) is 8.39. The van der Waals surface area contributed by atoms with Crippen molar-refractivity contribution in [1.82, 2.24) is 4.90 Å². The molecule has 1 saturated heterocycles. The molecule has 0 bridgehead atoms. The van der Waals surface area contributed by atoms with Gasteiger partial charge in [-0.1, -0.05) is 18.6 Å². The molecule has 2 atom stereocenters. The number of hydrogen-bond acceptors (Lipinski definition) is 4. The van der Waals surface area contributed by atoms with Crippen LogP contribution < -0.4 is 0 Å². The molecule has 2 fully saturated rings. The second-order valence-corrected chi connectivity index (χ2v) is 8.39. The smallest absolute Gasteiger partial charge is 0.403 e. The van der Waals surface area contributed by atoms with Crippen LogP contribution in [-0.2, 0) is 9.31 Å². The summed E-state index contributed by atoms with van der Waals surface area (Å²) in [7, 11) is -0.265. The van der Waals surface area contributed by atoms with Gasteiger partial charge in [0.05, 0.1) is 22.3 Å². The first-order chi connectivity index (χ1) is 11.7. The molecule has 3 aliphatic rings. The van der Waals surface area contributed by atoms with E-state index in [1.165, 1.54) is 4.90 Å². The van der Waals surface area contributed by atoms with Gasteiger partial charge in [-0.15, -0.1) is 0 Å². The molecule has 1 aliphatic carbocycles. The van der Waals surface area contributed by atoms with E-state index < -0.39 is 0 Å². The van der Waals surface area contributed by atoms with Gasteiger partial charge in [0.1, 0.15) is 0 Å². The standard InChI is InChI=1S/C19H24BNO4/c1-18(2)19(3,4)25-20(24-18)15-10-9-12(15)11-21-16(22)13-7-5-6-8-14(13)17(21)23/h5-8,12,15H,9-11H2,1-4H3/t12-,15-/m0/s1. The fourth-order valence-corrected chi connectivity index (χ4v) is 3.88. The lowest BCUT2D eigenvalue weighted by atomic mass is 9.54. The van der Waals surface area contributed by atoms with E-state index in [0.29, 0.717) is 17.7 Å². The van der Waals surface area contributed by atoms with Crippen molar-refractivity contribution in [3.05, 3.63) is 35.4 Å². The number of rotatable bonds is 3. The van der Waals surface area contributed by atoms with Gasteiger partial charge in [0.2, 0.25) is 0 Å². The monoisotopic (exact) mass is 341 g/mol. The van der Waals surface area contributed by atoms with E-state index in [0.717, 1.165) is 12.8 Å². The zero-order chi connectivity index (χ0) is 18.0. The van der Waals surface area contributed by atoms with Crippen LogP contribution in [0, 0.1) is 5.92 Å². The normalized spacial score (nSPS) is 29.8. The zero-order valence-corrected chi connectivity index (χ0v) is 15.2. The Morgan fingerprint density at radius 2 is 1.52 bits per heavy atom. The Morgan fingerprint density at radius 3 is 1.96 bits per heavy atom. The van der Waals surface area contributed by atoms with E-state index in [-0.39, 0.29) is 41.9 Å². The Bertz CT molecular complexity index is 694. The number of amides is 2. The average Bonchev–Trinajstić information content (AvgIpc) is 2.87. The molecule has 2 amide bonds. The number of imide groups is 1. The molecule has 2 aliphatic heterocycles. The Balaban J connectivity index is 1.47. The van der Waals surface area contributed by atoms with E-state index in [4.69, 9.17) is 9.31 Å². The lowest BCUT2D eigenvalue weighted by molar-refractivity contribution is 0.00578. The maximum atomic E-state index is 12.6. The van der Waals surface area contributed by atoms with E-state index in [1.807, 2.05) is 27.7 Å². The number of carbonyl (C=O) groups is 2. The van der Waals surface area contributed by atoms with E-state index in [2.05, 4.69) is 0 Å². The summed E-state index contributed by atoms with van der Waals surface area (Å²) in [5, 5.41) is 0. The molecular formula is C19H24BNO4. The van der Waals surface area contributed by atoms with Gasteiger partial charge in [-0.3, -0.25) is 14.5 Å². The van der Waals surface area contributed by atoms with Gasteiger partial charge in [0.15, 0.2) is 0 Å². The fraction of sp³-hybridized carbons (Fsp3) is 0.579. The summed E-state index contributed by atoms with van der Waals surface area (Å²) in [6.07, 6.45) is 1.99. The van der Waals surface area contributed by atoms with Crippen LogP contribution >= 0.6 is 0 Å². The van der Waals surface area contributed by atoms with Gasteiger partial charge in [0.25, 0.3) is 11.8 Å². The van der Waals surface area contributed by atoms with Gasteiger partial charge in [-0.05, 0) is 58.0 Å². The summed E-state index contributed by atoms with van der Waals surface area (Å²) in [6.45, 7) is 8.63. The predicted molar refractivity (Wildman–Crippen MR) is 94.4 cm³/mol. The van der Waals surface area contributed by atoms with Crippen LogP contribution in [0.1, 0.15) is 61.3 Å². The van der Waals surface area contributed by atoms with E-state index in [9.17, 15) is 9.59 Å². The van der Waals surface area contributed by atoms with Crippen molar-refractivity contribution in [3.63, 3.8) is 0 Å². The summed E-state index contributed by atoms with van der Waals surface area (Å²) >= 11 is 0. The molecule has 6 heteroatoms. The number of hydrogen-bond donors (Lipinski definition) is 0. The maximum absolute atomic E-state index is 12.6. The summed E-state index contributed by atoms with van der Waals surface area (Å²) in [5.74, 6) is 0.0996. The zero-order valence-electron chi connectivity index (χ0n) is 15.2. The molecule has 2 heterocycles. The lowest BCUT2D eigenvalue weighted by Gasteiger charge is -2.39. The average molecular weight is 341 g/mol. The molecule has 1 saturated carbocycles. The number of fused-ring (bicyclic) bond motifs is 1. The summed E-state index contributed by atoms with van der Waals surface area (Å²) in [5.41, 5.74) is 0.318. The third-order valence-corrected chi connectivity index (χ3v) is 6.39. The molecule has 1 aromatic carbocycles. The van der Waals surface area contributed by atoms with Crippen molar-refractivity contribution >= 4 is 18.9 Å². The first-order valence-electron chi connectivity index (χ1n) is 9.02. The molecule has 5 nitrogen and oxygen atoms in total. The minimum absolute atomic E-state index is 0.180. The third kappa shape index (κ3) is 2.46. The van der Waals surface area contributed by atoms with Gasteiger partial charge < -0.3 is 9.31 Å². The molecule has 0 radical (unpaired) electrons. The number of benzene rings is 1. The largest absolute Gasteiger partial charge is 0.461 e. The van der Waals surface area contributed by atoms with Crippen molar-refractivity contribution in [3.8, 4) is 0 Å². The highest BCUT2D eigenvalue weighted by Crippen LogP contribution is 2.49. The molecule has 0 aromatic heterocycles. The Morgan fingerprint density at radius 1 is 1.00 bits per heavy atom. The Kier molecular flexibility index (Phi) is 3.64. The Labute approximate surface area is 148 Å². The van der Waals surface area contributed by atoms with Crippen molar-refractivity contribution in [1.29, 1.82) is 0 Å². The lowest BCUT2D eigenvalue weighted by Crippen LogP contribution is -2.44. The minimum Gasteiger partial charge on any atom is -0.403 e. The summed E-state index contributed by atoms with van der Waals surface area (Å²) in [4.78, 5) is 26.5. The van der Waals surface area contributed by atoms with Crippen LogP contribution in [0.5, 0.6) is 0 Å². The molecular weight excluding hydrogens is 317 g/mol. The van der Waals surface area contributed by atoms with Crippen LogP contribution in [-0.4, -0.2) is 41.6 Å². The maximum Gasteiger partial charge on any atom is 0.461 e. The number of nitrogens with zero attached hydrogens (tertiary/aromatic N) is 1. The van der Waals surface area contributed by atoms with Gasteiger partial charge in [-0.2, -0.15) is 0 Å². The SMILES string of the molecule is CC1(C)OB([C@H]2CC[C@H]2CN2C(=O)c3ccccc3C2=O)OC1(C)C. The van der Waals surface area contributed by atoms with Crippen LogP contribution in [0.4, 0.5) is 0 Å². The fourth-order valence-electron chi connectivity index (χ4n) is 3.88.